The summed E-state index contributed by atoms with van der Waals surface area (Å²) in [5.74, 6) is 1.60. The number of carbonyl (C=O) groups excluding carboxylic acids is 1. The van der Waals surface area contributed by atoms with Gasteiger partial charge in [0, 0.05) is 11.1 Å². The highest BCUT2D eigenvalue weighted by molar-refractivity contribution is 7.99. The molecular weight excluding hydrogens is 370 g/mol. The van der Waals surface area contributed by atoms with Crippen molar-refractivity contribution in [3.8, 4) is 11.5 Å². The van der Waals surface area contributed by atoms with Gasteiger partial charge in [0.25, 0.3) is 5.89 Å². The summed E-state index contributed by atoms with van der Waals surface area (Å²) in [6.45, 7) is 2.65. The summed E-state index contributed by atoms with van der Waals surface area (Å²) in [5, 5.41) is 4.19. The third-order valence-corrected chi connectivity index (χ3v) is 4.62. The second kappa shape index (κ2) is 7.67. The predicted octanol–water partition coefficient (Wildman–Crippen LogP) is 3.05. The van der Waals surface area contributed by atoms with Crippen molar-refractivity contribution in [1.82, 2.24) is 15.1 Å². The lowest BCUT2D eigenvalue weighted by molar-refractivity contribution is 0.0424. The maximum atomic E-state index is 12.5. The minimum atomic E-state index is -0.515. The van der Waals surface area contributed by atoms with Crippen molar-refractivity contribution >= 4 is 17.7 Å². The first-order chi connectivity index (χ1) is 13.2. The van der Waals surface area contributed by atoms with Crippen molar-refractivity contribution in [1.29, 1.82) is 0 Å². The minimum Gasteiger partial charge on any atom is -0.486 e. The Bertz CT molecular complexity index is 975. The maximum Gasteiger partial charge on any atom is 0.341 e. The van der Waals surface area contributed by atoms with Crippen LogP contribution < -0.4 is 9.47 Å². The van der Waals surface area contributed by atoms with Crippen molar-refractivity contribution in [2.45, 2.75) is 23.5 Å². The fraction of sp³-hybridized carbons (Fsp3) is 0.222. The SMILES string of the molecule is Cc1noc(COC(=O)c2cccnc2Sc2ccc3c(c2)OCCO3)n1. The van der Waals surface area contributed by atoms with Gasteiger partial charge in [0.05, 0.1) is 5.56 Å². The Morgan fingerprint density at radius 1 is 1.22 bits per heavy atom. The summed E-state index contributed by atoms with van der Waals surface area (Å²) in [6, 6.07) is 8.94. The number of hydrogen-bond donors (Lipinski definition) is 0. The number of benzene rings is 1. The van der Waals surface area contributed by atoms with E-state index in [-0.39, 0.29) is 12.5 Å². The number of esters is 1. The summed E-state index contributed by atoms with van der Waals surface area (Å²) in [5.41, 5.74) is 0.355. The van der Waals surface area contributed by atoms with E-state index in [1.54, 1.807) is 25.3 Å². The molecule has 1 aliphatic rings. The molecule has 27 heavy (non-hydrogen) atoms. The molecule has 0 saturated heterocycles. The predicted molar refractivity (Wildman–Crippen MR) is 93.9 cm³/mol. The van der Waals surface area contributed by atoms with E-state index in [9.17, 15) is 4.79 Å². The van der Waals surface area contributed by atoms with Crippen molar-refractivity contribution in [3.05, 3.63) is 53.8 Å². The zero-order valence-electron chi connectivity index (χ0n) is 14.4. The second-order valence-electron chi connectivity index (χ2n) is 5.58. The Labute approximate surface area is 158 Å². The Kier molecular flexibility index (Phi) is 4.93. The van der Waals surface area contributed by atoms with Gasteiger partial charge in [-0.05, 0) is 37.3 Å². The van der Waals surface area contributed by atoms with Crippen molar-refractivity contribution < 1.29 is 23.5 Å². The van der Waals surface area contributed by atoms with E-state index >= 15 is 0 Å². The number of nitrogens with zero attached hydrogens (tertiary/aromatic N) is 3. The lowest BCUT2D eigenvalue weighted by atomic mass is 10.3. The summed E-state index contributed by atoms with van der Waals surface area (Å²) >= 11 is 1.34. The van der Waals surface area contributed by atoms with Gasteiger partial charge < -0.3 is 18.7 Å². The van der Waals surface area contributed by atoms with Gasteiger partial charge in [-0.3, -0.25) is 0 Å². The highest BCUT2D eigenvalue weighted by Crippen LogP contribution is 2.37. The Hall–Kier alpha value is -3.07. The molecule has 0 unspecified atom stereocenters. The van der Waals surface area contributed by atoms with Crippen LogP contribution in [-0.2, 0) is 11.3 Å². The summed E-state index contributed by atoms with van der Waals surface area (Å²) in [4.78, 5) is 21.6. The molecule has 1 aromatic carbocycles. The van der Waals surface area contributed by atoms with Crippen LogP contribution in [0.15, 0.2) is 51.0 Å². The second-order valence-corrected chi connectivity index (χ2v) is 6.64. The average Bonchev–Trinajstić information content (AvgIpc) is 3.12. The summed E-state index contributed by atoms with van der Waals surface area (Å²) in [6.07, 6.45) is 1.62. The van der Waals surface area contributed by atoms with E-state index in [4.69, 9.17) is 18.7 Å². The van der Waals surface area contributed by atoms with Crippen molar-refractivity contribution in [2.24, 2.45) is 0 Å². The molecular formula is C18H15N3O5S. The van der Waals surface area contributed by atoms with Gasteiger partial charge in [0.15, 0.2) is 23.9 Å². The number of rotatable bonds is 5. The monoisotopic (exact) mass is 385 g/mol. The van der Waals surface area contributed by atoms with Gasteiger partial charge in [0.1, 0.15) is 18.2 Å². The molecule has 0 fully saturated rings. The Morgan fingerprint density at radius 2 is 2.07 bits per heavy atom. The molecule has 8 nitrogen and oxygen atoms in total. The minimum absolute atomic E-state index is 0.0945. The number of aryl methyl sites for hydroxylation is 1. The zero-order valence-corrected chi connectivity index (χ0v) is 15.2. The normalized spacial score (nSPS) is 12.6. The molecule has 1 aliphatic heterocycles. The van der Waals surface area contributed by atoms with E-state index in [1.165, 1.54) is 11.8 Å². The van der Waals surface area contributed by atoms with E-state index in [0.717, 1.165) is 4.90 Å². The summed E-state index contributed by atoms with van der Waals surface area (Å²) < 4.78 is 21.3. The molecule has 0 spiro atoms. The average molecular weight is 385 g/mol. The van der Waals surface area contributed by atoms with E-state index in [1.807, 2.05) is 18.2 Å². The summed E-state index contributed by atoms with van der Waals surface area (Å²) in [7, 11) is 0. The molecule has 0 amide bonds. The van der Waals surface area contributed by atoms with Gasteiger partial charge >= 0.3 is 5.97 Å². The van der Waals surface area contributed by atoms with Crippen LogP contribution in [0.5, 0.6) is 11.5 Å². The molecule has 3 heterocycles. The lowest BCUT2D eigenvalue weighted by Gasteiger charge is -2.18. The molecule has 0 bridgehead atoms. The number of pyridine rings is 1. The number of carbonyl (C=O) groups is 1. The topological polar surface area (TPSA) is 96.6 Å². The van der Waals surface area contributed by atoms with E-state index in [2.05, 4.69) is 15.1 Å². The van der Waals surface area contributed by atoms with Gasteiger partial charge in [-0.1, -0.05) is 16.9 Å². The fourth-order valence-corrected chi connectivity index (χ4v) is 3.33. The third-order valence-electron chi connectivity index (χ3n) is 3.62. The van der Waals surface area contributed by atoms with Crippen LogP contribution in [0.25, 0.3) is 0 Å². The van der Waals surface area contributed by atoms with Gasteiger partial charge in [-0.15, -0.1) is 0 Å². The smallest absolute Gasteiger partial charge is 0.341 e. The van der Waals surface area contributed by atoms with Crippen LogP contribution >= 0.6 is 11.8 Å². The fourth-order valence-electron chi connectivity index (χ4n) is 2.43. The molecule has 3 aromatic rings. The first-order valence-electron chi connectivity index (χ1n) is 8.18. The number of fused-ring (bicyclic) bond motifs is 1. The Morgan fingerprint density at radius 3 is 2.89 bits per heavy atom. The highest BCUT2D eigenvalue weighted by atomic mass is 32.2. The molecule has 9 heteroatoms. The number of aromatic nitrogens is 3. The van der Waals surface area contributed by atoms with E-state index in [0.29, 0.717) is 41.1 Å². The molecule has 2 aromatic heterocycles. The maximum absolute atomic E-state index is 12.5. The molecule has 0 N–H and O–H groups in total. The molecule has 4 rings (SSSR count). The zero-order chi connectivity index (χ0) is 18.6. The quantitative estimate of drug-likeness (QED) is 0.614. The van der Waals surface area contributed by atoms with Gasteiger partial charge in [-0.2, -0.15) is 4.98 Å². The molecule has 0 aliphatic carbocycles. The molecule has 138 valence electrons. The molecule has 0 saturated carbocycles. The first-order valence-corrected chi connectivity index (χ1v) is 8.99. The van der Waals surface area contributed by atoms with Crippen LogP contribution in [0.3, 0.4) is 0 Å². The first kappa shape index (κ1) is 17.3. The van der Waals surface area contributed by atoms with Crippen molar-refractivity contribution in [3.63, 3.8) is 0 Å². The Balaban J connectivity index is 1.49. The van der Waals surface area contributed by atoms with Crippen LogP contribution in [0, 0.1) is 6.92 Å². The van der Waals surface area contributed by atoms with E-state index < -0.39 is 5.97 Å². The number of hydrogen-bond acceptors (Lipinski definition) is 9. The largest absolute Gasteiger partial charge is 0.486 e. The highest BCUT2D eigenvalue weighted by Gasteiger charge is 2.18. The van der Waals surface area contributed by atoms with Crippen LogP contribution in [-0.4, -0.2) is 34.3 Å². The van der Waals surface area contributed by atoms with Crippen LogP contribution in [0.1, 0.15) is 22.1 Å². The lowest BCUT2D eigenvalue weighted by Crippen LogP contribution is -2.15. The van der Waals surface area contributed by atoms with Crippen LogP contribution in [0.4, 0.5) is 0 Å². The third kappa shape index (κ3) is 4.03. The van der Waals surface area contributed by atoms with Crippen molar-refractivity contribution in [2.75, 3.05) is 13.2 Å². The van der Waals surface area contributed by atoms with Gasteiger partial charge in [-0.25, -0.2) is 9.78 Å². The van der Waals surface area contributed by atoms with Crippen LogP contribution in [0.2, 0.25) is 0 Å². The van der Waals surface area contributed by atoms with Gasteiger partial charge in [0.2, 0.25) is 0 Å². The number of ether oxygens (including phenoxy) is 3. The standard InChI is InChI=1S/C18H15N3O5S/c1-11-20-16(26-21-11)10-25-18(22)13-3-2-6-19-17(13)27-12-4-5-14-15(9-12)24-8-7-23-14/h2-6,9H,7-8,10H2,1H3. The molecule has 0 atom stereocenters. The molecule has 0 radical (unpaired) electrons.